The van der Waals surface area contributed by atoms with Crippen molar-refractivity contribution >= 4 is 10.0 Å². The highest BCUT2D eigenvalue weighted by Crippen LogP contribution is 2.12. The van der Waals surface area contributed by atoms with Crippen LogP contribution in [0.25, 0.3) is 0 Å². The molecule has 0 amide bonds. The lowest BCUT2D eigenvalue weighted by Gasteiger charge is -2.14. The molecule has 1 aromatic heterocycles. The van der Waals surface area contributed by atoms with E-state index >= 15 is 0 Å². The topological polar surface area (TPSA) is 78.1 Å². The molecule has 20 heavy (non-hydrogen) atoms. The molecular formula is C13H18N4O2S. The van der Waals surface area contributed by atoms with Crippen LogP contribution >= 0.6 is 0 Å². The Morgan fingerprint density at radius 3 is 2.55 bits per heavy atom. The Morgan fingerprint density at radius 2 is 1.95 bits per heavy atom. The quantitative estimate of drug-likeness (QED) is 0.831. The van der Waals surface area contributed by atoms with Crippen LogP contribution in [-0.2, 0) is 23.1 Å². The Morgan fingerprint density at radius 1 is 1.25 bits per heavy atom. The van der Waals surface area contributed by atoms with Crippen molar-refractivity contribution in [3.63, 3.8) is 0 Å². The maximum atomic E-state index is 12.0. The summed E-state index contributed by atoms with van der Waals surface area (Å²) < 4.78 is 26.6. The highest BCUT2D eigenvalue weighted by Gasteiger charge is 2.15. The minimum Gasteiger partial charge on any atom is -0.335 e. The number of imidazole rings is 1. The molecule has 0 spiro atoms. The van der Waals surface area contributed by atoms with Gasteiger partial charge < -0.3 is 9.88 Å². The molecule has 0 fully saturated rings. The smallest absolute Gasteiger partial charge is 0.257 e. The Balaban J connectivity index is 2.12. The van der Waals surface area contributed by atoms with Gasteiger partial charge in [-0.3, -0.25) is 0 Å². The zero-order valence-corrected chi connectivity index (χ0v) is 12.3. The Hall–Kier alpha value is -1.70. The highest BCUT2D eigenvalue weighted by molar-refractivity contribution is 7.89. The molecule has 108 valence electrons. The number of benzene rings is 1. The first-order valence-corrected chi connectivity index (χ1v) is 7.67. The largest absolute Gasteiger partial charge is 0.335 e. The number of aromatic amines is 1. The zero-order valence-electron chi connectivity index (χ0n) is 11.5. The summed E-state index contributed by atoms with van der Waals surface area (Å²) in [5, 5.41) is 0.0718. The number of hydrogen-bond donors (Lipinski definition) is 2. The number of H-pyrrole nitrogens is 1. The van der Waals surface area contributed by atoms with Crippen molar-refractivity contribution in [2.75, 3.05) is 14.1 Å². The molecule has 0 radical (unpaired) electrons. The molecule has 1 heterocycles. The van der Waals surface area contributed by atoms with Crippen LogP contribution in [0.3, 0.4) is 0 Å². The van der Waals surface area contributed by atoms with Gasteiger partial charge in [-0.2, -0.15) is 0 Å². The van der Waals surface area contributed by atoms with Crippen molar-refractivity contribution in [3.8, 4) is 0 Å². The van der Waals surface area contributed by atoms with E-state index in [0.717, 1.165) is 17.7 Å². The standard InChI is InChI=1S/C13H18N4O2S/c1-17(2)9-12-6-4-3-5-11(12)7-16-20(18,19)13-8-14-10-15-13/h3-6,8,10,16H,7,9H2,1-2H3,(H,14,15). The van der Waals surface area contributed by atoms with Crippen LogP contribution in [0.1, 0.15) is 11.1 Å². The van der Waals surface area contributed by atoms with Crippen LogP contribution in [0.5, 0.6) is 0 Å². The van der Waals surface area contributed by atoms with E-state index in [1.807, 2.05) is 43.3 Å². The molecule has 1 aromatic carbocycles. The van der Waals surface area contributed by atoms with Gasteiger partial charge in [0, 0.05) is 13.1 Å². The van der Waals surface area contributed by atoms with Gasteiger partial charge in [0.05, 0.1) is 12.5 Å². The number of nitrogens with one attached hydrogen (secondary N) is 2. The van der Waals surface area contributed by atoms with Crippen LogP contribution in [0.2, 0.25) is 0 Å². The van der Waals surface area contributed by atoms with E-state index in [0.29, 0.717) is 0 Å². The Labute approximate surface area is 118 Å². The number of hydrogen-bond acceptors (Lipinski definition) is 4. The second kappa shape index (κ2) is 6.17. The number of aromatic nitrogens is 2. The normalized spacial score (nSPS) is 11.9. The summed E-state index contributed by atoms with van der Waals surface area (Å²) in [6.07, 6.45) is 2.63. The van der Waals surface area contributed by atoms with Gasteiger partial charge >= 0.3 is 0 Å². The van der Waals surface area contributed by atoms with Crippen molar-refractivity contribution in [3.05, 3.63) is 47.9 Å². The lowest BCUT2D eigenvalue weighted by Crippen LogP contribution is -2.24. The minimum absolute atomic E-state index is 0.0718. The van der Waals surface area contributed by atoms with Crippen LogP contribution in [-0.4, -0.2) is 37.4 Å². The average molecular weight is 294 g/mol. The summed E-state index contributed by atoms with van der Waals surface area (Å²) in [6.45, 7) is 1.02. The van der Waals surface area contributed by atoms with E-state index in [1.54, 1.807) is 0 Å². The van der Waals surface area contributed by atoms with Crippen LogP contribution in [0.15, 0.2) is 41.8 Å². The molecule has 0 aliphatic heterocycles. The summed E-state index contributed by atoms with van der Waals surface area (Å²) in [5.74, 6) is 0. The Bertz CT molecular complexity index is 651. The monoisotopic (exact) mass is 294 g/mol. The molecule has 0 unspecified atom stereocenters. The minimum atomic E-state index is -3.54. The van der Waals surface area contributed by atoms with Crippen LogP contribution in [0.4, 0.5) is 0 Å². The first-order chi connectivity index (χ1) is 9.49. The van der Waals surface area contributed by atoms with Gasteiger partial charge in [0.1, 0.15) is 0 Å². The third-order valence-electron chi connectivity index (χ3n) is 2.82. The molecule has 0 saturated carbocycles. The molecule has 0 aliphatic rings. The van der Waals surface area contributed by atoms with Gasteiger partial charge in [-0.05, 0) is 25.2 Å². The maximum Gasteiger partial charge on any atom is 0.257 e. The summed E-state index contributed by atoms with van der Waals surface area (Å²) in [6, 6.07) is 7.78. The Kier molecular flexibility index (Phi) is 4.53. The summed E-state index contributed by atoms with van der Waals surface area (Å²) >= 11 is 0. The molecule has 2 N–H and O–H groups in total. The van der Waals surface area contributed by atoms with Gasteiger partial charge in [-0.15, -0.1) is 0 Å². The number of nitrogens with zero attached hydrogens (tertiary/aromatic N) is 2. The first kappa shape index (κ1) is 14.7. The third-order valence-corrected chi connectivity index (χ3v) is 4.15. The molecule has 0 atom stereocenters. The van der Waals surface area contributed by atoms with Crippen molar-refractivity contribution in [2.45, 2.75) is 18.1 Å². The van der Waals surface area contributed by atoms with Gasteiger partial charge in [0.15, 0.2) is 5.03 Å². The lowest BCUT2D eigenvalue weighted by molar-refractivity contribution is 0.400. The molecular weight excluding hydrogens is 276 g/mol. The third kappa shape index (κ3) is 3.66. The molecule has 0 bridgehead atoms. The van der Waals surface area contributed by atoms with Gasteiger partial charge in [0.2, 0.25) is 0 Å². The maximum absolute atomic E-state index is 12.0. The predicted molar refractivity (Wildman–Crippen MR) is 76.4 cm³/mol. The molecule has 6 nitrogen and oxygen atoms in total. The molecule has 2 rings (SSSR count). The summed E-state index contributed by atoms with van der Waals surface area (Å²) in [4.78, 5) is 8.35. The van der Waals surface area contributed by atoms with Gasteiger partial charge in [-0.1, -0.05) is 24.3 Å². The van der Waals surface area contributed by atoms with Gasteiger partial charge in [0.25, 0.3) is 10.0 Å². The van der Waals surface area contributed by atoms with Crippen LogP contribution in [0, 0.1) is 0 Å². The van der Waals surface area contributed by atoms with E-state index in [1.165, 1.54) is 12.5 Å². The highest BCUT2D eigenvalue weighted by atomic mass is 32.2. The zero-order chi connectivity index (χ0) is 14.6. The van der Waals surface area contributed by atoms with E-state index < -0.39 is 10.0 Å². The second-order valence-corrected chi connectivity index (χ2v) is 6.48. The van der Waals surface area contributed by atoms with E-state index in [4.69, 9.17) is 0 Å². The number of sulfonamides is 1. The molecule has 7 heteroatoms. The van der Waals surface area contributed by atoms with Crippen molar-refractivity contribution in [1.82, 2.24) is 19.6 Å². The fourth-order valence-corrected chi connectivity index (χ4v) is 2.77. The summed E-state index contributed by atoms with van der Waals surface area (Å²) in [5.41, 5.74) is 2.06. The molecule has 0 aliphatic carbocycles. The van der Waals surface area contributed by atoms with Crippen LogP contribution < -0.4 is 4.72 Å². The predicted octanol–water partition coefficient (Wildman–Crippen LogP) is 0.950. The van der Waals surface area contributed by atoms with E-state index in [9.17, 15) is 8.42 Å². The number of rotatable bonds is 6. The fraction of sp³-hybridized carbons (Fsp3) is 0.308. The molecule has 2 aromatic rings. The fourth-order valence-electron chi connectivity index (χ4n) is 1.87. The average Bonchev–Trinajstić information content (AvgIpc) is 2.92. The van der Waals surface area contributed by atoms with Crippen molar-refractivity contribution in [1.29, 1.82) is 0 Å². The van der Waals surface area contributed by atoms with Crippen molar-refractivity contribution in [2.24, 2.45) is 0 Å². The van der Waals surface area contributed by atoms with E-state index in [2.05, 4.69) is 14.7 Å². The summed E-state index contributed by atoms with van der Waals surface area (Å²) in [7, 11) is 0.413. The second-order valence-electron chi connectivity index (χ2n) is 4.75. The SMILES string of the molecule is CN(C)Cc1ccccc1CNS(=O)(=O)c1cnc[nH]1. The molecule has 0 saturated heterocycles. The van der Waals surface area contributed by atoms with Crippen molar-refractivity contribution < 1.29 is 8.42 Å². The first-order valence-electron chi connectivity index (χ1n) is 6.18. The van der Waals surface area contributed by atoms with Gasteiger partial charge in [-0.25, -0.2) is 18.1 Å². The van der Waals surface area contributed by atoms with E-state index in [-0.39, 0.29) is 11.6 Å². The lowest BCUT2D eigenvalue weighted by atomic mass is 10.1.